The van der Waals surface area contributed by atoms with Gasteiger partial charge in [-0.25, -0.2) is 0 Å². The average Bonchev–Trinajstić information content (AvgIpc) is 3.24. The van der Waals surface area contributed by atoms with E-state index in [1.54, 1.807) is 23.9 Å². The maximum absolute atomic E-state index is 12.3. The topological polar surface area (TPSA) is 104 Å². The number of H-pyrrole nitrogens is 1. The fourth-order valence-corrected chi connectivity index (χ4v) is 3.81. The number of hydrogen-bond acceptors (Lipinski definition) is 7. The molecule has 130 valence electrons. The minimum Gasteiger partial charge on any atom is -0.507 e. The van der Waals surface area contributed by atoms with E-state index in [0.717, 1.165) is 16.5 Å². The maximum Gasteiger partial charge on any atom is 0.275 e. The summed E-state index contributed by atoms with van der Waals surface area (Å²) in [5.41, 5.74) is 1.10. The monoisotopic (exact) mass is 395 g/mol. The van der Waals surface area contributed by atoms with E-state index in [0.29, 0.717) is 21.4 Å². The first-order valence-corrected chi connectivity index (χ1v) is 9.56. The van der Waals surface area contributed by atoms with Crippen LogP contribution in [0.3, 0.4) is 0 Å². The first-order valence-electron chi connectivity index (χ1n) is 7.38. The van der Waals surface area contributed by atoms with Gasteiger partial charge in [0.1, 0.15) is 11.4 Å². The molecule has 0 aliphatic heterocycles. The summed E-state index contributed by atoms with van der Waals surface area (Å²) in [6.07, 6.45) is 1.04. The number of benzene rings is 1. The van der Waals surface area contributed by atoms with E-state index in [2.05, 4.69) is 32.6 Å². The van der Waals surface area contributed by atoms with Crippen LogP contribution in [0.1, 0.15) is 23.8 Å². The Morgan fingerprint density at radius 1 is 1.40 bits per heavy atom. The number of carbonyl (C=O) groups excluding carboxylic acids is 1. The lowest BCUT2D eigenvalue weighted by Crippen LogP contribution is -2.12. The van der Waals surface area contributed by atoms with Crippen molar-refractivity contribution in [2.45, 2.75) is 17.7 Å². The first kappa shape index (κ1) is 17.7. The molecule has 0 atom stereocenters. The SMILES string of the molecule is CCCSc1nnc(NC(=O)c2cc(-c3cc(Cl)ccc3O)n[nH]2)s1. The highest BCUT2D eigenvalue weighted by Crippen LogP contribution is 2.31. The third-order valence-corrected chi connectivity index (χ3v) is 5.53. The molecule has 1 aromatic carbocycles. The van der Waals surface area contributed by atoms with Crippen LogP contribution < -0.4 is 5.32 Å². The van der Waals surface area contributed by atoms with Crippen LogP contribution in [0.25, 0.3) is 11.3 Å². The second kappa shape index (κ2) is 7.85. The Morgan fingerprint density at radius 2 is 2.24 bits per heavy atom. The molecule has 0 fully saturated rings. The minimum absolute atomic E-state index is 0.0320. The second-order valence-electron chi connectivity index (χ2n) is 5.00. The quantitative estimate of drug-likeness (QED) is 0.429. The molecule has 1 amide bonds. The molecule has 0 unspecified atom stereocenters. The Morgan fingerprint density at radius 3 is 3.04 bits per heavy atom. The lowest BCUT2D eigenvalue weighted by Gasteiger charge is -2.00. The van der Waals surface area contributed by atoms with Gasteiger partial charge in [0, 0.05) is 16.3 Å². The van der Waals surface area contributed by atoms with Crippen LogP contribution in [0, 0.1) is 0 Å². The zero-order valence-electron chi connectivity index (χ0n) is 13.1. The summed E-state index contributed by atoms with van der Waals surface area (Å²) in [7, 11) is 0. The lowest BCUT2D eigenvalue weighted by molar-refractivity contribution is 0.102. The van der Waals surface area contributed by atoms with Crippen LogP contribution >= 0.6 is 34.7 Å². The number of rotatable bonds is 6. The molecular weight excluding hydrogens is 382 g/mol. The standard InChI is InChI=1S/C15H14ClN5O2S2/c1-2-5-24-15-21-20-14(25-15)17-13(23)11-7-10(18-19-11)9-6-8(16)3-4-12(9)22/h3-4,6-7,22H,2,5H2,1H3,(H,18,19)(H,17,20,23). The van der Waals surface area contributed by atoms with Crippen LogP contribution in [-0.2, 0) is 0 Å². The van der Waals surface area contributed by atoms with Crippen molar-refractivity contribution in [3.8, 4) is 17.0 Å². The van der Waals surface area contributed by atoms with Crippen molar-refractivity contribution in [3.05, 3.63) is 35.0 Å². The Balaban J connectivity index is 1.72. The molecule has 0 aliphatic rings. The Kier molecular flexibility index (Phi) is 5.57. The van der Waals surface area contributed by atoms with Gasteiger partial charge in [0.2, 0.25) is 5.13 Å². The predicted molar refractivity (Wildman–Crippen MR) is 99.6 cm³/mol. The molecule has 2 heterocycles. The number of nitrogens with one attached hydrogen (secondary N) is 2. The molecule has 0 saturated heterocycles. The van der Waals surface area contributed by atoms with Crippen LogP contribution in [0.2, 0.25) is 5.02 Å². The highest BCUT2D eigenvalue weighted by atomic mass is 35.5. The molecule has 0 spiro atoms. The van der Waals surface area contributed by atoms with Gasteiger partial charge in [-0.15, -0.1) is 10.2 Å². The second-order valence-corrected chi connectivity index (χ2v) is 7.76. The number of halogens is 1. The van der Waals surface area contributed by atoms with E-state index >= 15 is 0 Å². The number of nitrogens with zero attached hydrogens (tertiary/aromatic N) is 3. The van der Waals surface area contributed by atoms with Gasteiger partial charge < -0.3 is 5.11 Å². The number of aromatic hydroxyl groups is 1. The zero-order chi connectivity index (χ0) is 17.8. The van der Waals surface area contributed by atoms with Crippen LogP contribution in [0.5, 0.6) is 5.75 Å². The number of anilines is 1. The Bertz CT molecular complexity index is 896. The highest BCUT2D eigenvalue weighted by molar-refractivity contribution is 8.01. The van der Waals surface area contributed by atoms with Crippen molar-refractivity contribution in [3.63, 3.8) is 0 Å². The number of aromatic nitrogens is 4. The molecule has 3 aromatic rings. The van der Waals surface area contributed by atoms with E-state index in [9.17, 15) is 9.90 Å². The smallest absolute Gasteiger partial charge is 0.275 e. The number of phenolic OH excluding ortho intramolecular Hbond substituents is 1. The maximum atomic E-state index is 12.3. The number of carbonyl (C=O) groups is 1. The van der Waals surface area contributed by atoms with Gasteiger partial charge in [0.05, 0.1) is 5.69 Å². The van der Waals surface area contributed by atoms with Crippen LogP contribution in [0.15, 0.2) is 28.6 Å². The minimum atomic E-state index is -0.386. The molecule has 0 bridgehead atoms. The predicted octanol–water partition coefficient (Wildman–Crippen LogP) is 4.04. The number of phenols is 1. The van der Waals surface area contributed by atoms with Gasteiger partial charge in [-0.1, -0.05) is 41.6 Å². The molecule has 0 saturated carbocycles. The van der Waals surface area contributed by atoms with E-state index in [-0.39, 0.29) is 17.4 Å². The van der Waals surface area contributed by atoms with Crippen molar-refractivity contribution >= 4 is 45.7 Å². The molecule has 25 heavy (non-hydrogen) atoms. The van der Waals surface area contributed by atoms with E-state index < -0.39 is 0 Å². The number of hydrogen-bond donors (Lipinski definition) is 3. The Labute approximate surface area is 156 Å². The van der Waals surface area contributed by atoms with Gasteiger partial charge in [0.15, 0.2) is 4.34 Å². The number of aromatic amines is 1. The van der Waals surface area contributed by atoms with Crippen molar-refractivity contribution in [2.75, 3.05) is 11.1 Å². The van der Waals surface area contributed by atoms with Crippen molar-refractivity contribution in [1.29, 1.82) is 0 Å². The normalized spacial score (nSPS) is 10.8. The summed E-state index contributed by atoms with van der Waals surface area (Å²) in [6, 6.07) is 6.16. The summed E-state index contributed by atoms with van der Waals surface area (Å²) >= 11 is 8.86. The van der Waals surface area contributed by atoms with Crippen LogP contribution in [-0.4, -0.2) is 37.2 Å². The van der Waals surface area contributed by atoms with Crippen molar-refractivity contribution in [2.24, 2.45) is 0 Å². The largest absolute Gasteiger partial charge is 0.507 e. The summed E-state index contributed by atoms with van der Waals surface area (Å²) < 4.78 is 0.811. The molecule has 3 N–H and O–H groups in total. The van der Waals surface area contributed by atoms with Crippen LogP contribution in [0.4, 0.5) is 5.13 Å². The van der Waals surface area contributed by atoms with Gasteiger partial charge in [-0.3, -0.25) is 15.2 Å². The molecule has 0 radical (unpaired) electrons. The summed E-state index contributed by atoms with van der Waals surface area (Å²) in [6.45, 7) is 2.09. The van der Waals surface area contributed by atoms with Gasteiger partial charge in [-0.2, -0.15) is 5.10 Å². The molecular formula is C15H14ClN5O2S2. The molecule has 10 heteroatoms. The van der Waals surface area contributed by atoms with Gasteiger partial charge >= 0.3 is 0 Å². The van der Waals surface area contributed by atoms with E-state index in [4.69, 9.17) is 11.6 Å². The fourth-order valence-electron chi connectivity index (χ4n) is 1.96. The van der Waals surface area contributed by atoms with E-state index in [1.807, 2.05) is 0 Å². The van der Waals surface area contributed by atoms with Crippen molar-refractivity contribution in [1.82, 2.24) is 20.4 Å². The summed E-state index contributed by atoms with van der Waals surface area (Å²) in [4.78, 5) is 12.3. The summed E-state index contributed by atoms with van der Waals surface area (Å²) in [5, 5.41) is 28.1. The molecule has 2 aromatic heterocycles. The summed E-state index contributed by atoms with van der Waals surface area (Å²) in [5.74, 6) is 0.600. The fraction of sp³-hybridized carbons (Fsp3) is 0.200. The number of thioether (sulfide) groups is 1. The molecule has 0 aliphatic carbocycles. The zero-order valence-corrected chi connectivity index (χ0v) is 15.5. The lowest BCUT2D eigenvalue weighted by atomic mass is 10.1. The van der Waals surface area contributed by atoms with Crippen molar-refractivity contribution < 1.29 is 9.90 Å². The third kappa shape index (κ3) is 4.30. The number of amides is 1. The molecule has 7 nitrogen and oxygen atoms in total. The first-order chi connectivity index (χ1) is 12.1. The van der Waals surface area contributed by atoms with Gasteiger partial charge in [0.25, 0.3) is 5.91 Å². The third-order valence-electron chi connectivity index (χ3n) is 3.11. The van der Waals surface area contributed by atoms with Gasteiger partial charge in [-0.05, 0) is 30.7 Å². The average molecular weight is 396 g/mol. The molecule has 3 rings (SSSR count). The Hall–Kier alpha value is -2.10. The van der Waals surface area contributed by atoms with E-state index in [1.165, 1.54) is 23.5 Å². The highest BCUT2D eigenvalue weighted by Gasteiger charge is 2.15.